The van der Waals surface area contributed by atoms with Gasteiger partial charge in [0.25, 0.3) is 5.91 Å². The Hall–Kier alpha value is -3.08. The van der Waals surface area contributed by atoms with Gasteiger partial charge < -0.3 is 14.6 Å². The quantitative estimate of drug-likeness (QED) is 0.798. The molecule has 0 spiro atoms. The van der Waals surface area contributed by atoms with Gasteiger partial charge in [-0.15, -0.1) is 0 Å². The summed E-state index contributed by atoms with van der Waals surface area (Å²) in [6.45, 7) is 0. The van der Waals surface area contributed by atoms with E-state index in [4.69, 9.17) is 9.26 Å². The minimum absolute atomic E-state index is 0.231. The Morgan fingerprint density at radius 2 is 1.82 bits per heavy atom. The van der Waals surface area contributed by atoms with E-state index in [1.807, 2.05) is 54.6 Å². The summed E-state index contributed by atoms with van der Waals surface area (Å²) in [5, 5.41) is 6.57. The third-order valence-corrected chi connectivity index (χ3v) is 3.15. The zero-order valence-electron chi connectivity index (χ0n) is 11.9. The number of benzene rings is 2. The summed E-state index contributed by atoms with van der Waals surface area (Å²) in [7, 11) is 1.61. The third kappa shape index (κ3) is 2.98. The van der Waals surface area contributed by atoms with Crippen molar-refractivity contribution in [1.29, 1.82) is 0 Å². The molecular formula is C17H14N2O3. The van der Waals surface area contributed by atoms with Crippen molar-refractivity contribution in [1.82, 2.24) is 5.16 Å². The molecule has 2 aromatic carbocycles. The van der Waals surface area contributed by atoms with Gasteiger partial charge in [0.15, 0.2) is 11.5 Å². The molecule has 1 heterocycles. The monoisotopic (exact) mass is 294 g/mol. The second-order valence-electron chi connectivity index (χ2n) is 4.63. The van der Waals surface area contributed by atoms with Crippen LogP contribution in [-0.4, -0.2) is 18.2 Å². The second-order valence-corrected chi connectivity index (χ2v) is 4.63. The number of ether oxygens (including phenoxy) is 1. The summed E-state index contributed by atoms with van der Waals surface area (Å²) in [6.07, 6.45) is 0. The van der Waals surface area contributed by atoms with E-state index in [9.17, 15) is 4.79 Å². The van der Waals surface area contributed by atoms with E-state index in [1.165, 1.54) is 0 Å². The Morgan fingerprint density at radius 3 is 2.50 bits per heavy atom. The number of nitrogens with one attached hydrogen (secondary N) is 1. The minimum atomic E-state index is -0.310. The number of methoxy groups -OCH3 is 1. The van der Waals surface area contributed by atoms with Crippen LogP contribution in [0.25, 0.3) is 11.3 Å². The van der Waals surface area contributed by atoms with Gasteiger partial charge in [-0.1, -0.05) is 23.4 Å². The minimum Gasteiger partial charge on any atom is -0.497 e. The van der Waals surface area contributed by atoms with Crippen molar-refractivity contribution < 1.29 is 14.1 Å². The summed E-state index contributed by atoms with van der Waals surface area (Å²) in [5.41, 5.74) is 1.77. The van der Waals surface area contributed by atoms with Gasteiger partial charge in [0.2, 0.25) is 0 Å². The van der Waals surface area contributed by atoms with Gasteiger partial charge in [0.05, 0.1) is 7.11 Å². The first kappa shape index (κ1) is 13.9. The molecule has 1 amide bonds. The van der Waals surface area contributed by atoms with Crippen molar-refractivity contribution in [2.45, 2.75) is 0 Å². The third-order valence-electron chi connectivity index (χ3n) is 3.15. The normalized spacial score (nSPS) is 10.2. The first-order valence-corrected chi connectivity index (χ1v) is 6.74. The molecule has 0 aliphatic carbocycles. The van der Waals surface area contributed by atoms with E-state index in [0.717, 1.165) is 11.3 Å². The summed E-state index contributed by atoms with van der Waals surface area (Å²) in [5.74, 6) is 0.973. The highest BCUT2D eigenvalue weighted by molar-refractivity contribution is 6.03. The van der Waals surface area contributed by atoms with E-state index in [-0.39, 0.29) is 11.6 Å². The molecule has 0 aliphatic heterocycles. The van der Waals surface area contributed by atoms with E-state index in [2.05, 4.69) is 10.5 Å². The van der Waals surface area contributed by atoms with Crippen LogP contribution in [-0.2, 0) is 0 Å². The highest BCUT2D eigenvalue weighted by atomic mass is 16.5. The fourth-order valence-electron chi connectivity index (χ4n) is 1.99. The number of hydrogen-bond donors (Lipinski definition) is 1. The van der Waals surface area contributed by atoms with Crippen LogP contribution in [0.5, 0.6) is 5.75 Å². The highest BCUT2D eigenvalue weighted by Crippen LogP contribution is 2.23. The van der Waals surface area contributed by atoms with Crippen molar-refractivity contribution >= 4 is 11.6 Å². The van der Waals surface area contributed by atoms with Gasteiger partial charge in [-0.05, 0) is 36.4 Å². The van der Waals surface area contributed by atoms with E-state index in [1.54, 1.807) is 13.2 Å². The number of para-hydroxylation sites is 1. The molecule has 0 saturated heterocycles. The first-order chi connectivity index (χ1) is 10.8. The standard InChI is InChI=1S/C17H14N2O3/c1-21-14-9-7-12(8-10-14)16-11-15(19-22-16)17(20)18-13-5-3-2-4-6-13/h2-11H,1H3,(H,18,20). The molecular weight excluding hydrogens is 280 g/mol. The van der Waals surface area contributed by atoms with E-state index >= 15 is 0 Å². The molecule has 1 aromatic heterocycles. The molecule has 5 nitrogen and oxygen atoms in total. The van der Waals surface area contributed by atoms with Gasteiger partial charge in [-0.25, -0.2) is 0 Å². The van der Waals surface area contributed by atoms with Gasteiger partial charge in [-0.3, -0.25) is 4.79 Å². The summed E-state index contributed by atoms with van der Waals surface area (Å²) in [4.78, 5) is 12.1. The second kappa shape index (κ2) is 6.13. The van der Waals surface area contributed by atoms with Crippen LogP contribution >= 0.6 is 0 Å². The maximum atomic E-state index is 12.1. The van der Waals surface area contributed by atoms with E-state index in [0.29, 0.717) is 11.4 Å². The summed E-state index contributed by atoms with van der Waals surface area (Å²) < 4.78 is 10.3. The molecule has 3 rings (SSSR count). The number of carbonyl (C=O) groups excluding carboxylic acids is 1. The van der Waals surface area contributed by atoms with Gasteiger partial charge in [0.1, 0.15) is 5.75 Å². The Kier molecular flexibility index (Phi) is 3.87. The average molecular weight is 294 g/mol. The lowest BCUT2D eigenvalue weighted by Crippen LogP contribution is -2.11. The van der Waals surface area contributed by atoms with Crippen molar-refractivity contribution in [3.05, 3.63) is 66.4 Å². The van der Waals surface area contributed by atoms with Crippen LogP contribution in [0, 0.1) is 0 Å². The number of aromatic nitrogens is 1. The highest BCUT2D eigenvalue weighted by Gasteiger charge is 2.13. The number of carbonyl (C=O) groups is 1. The molecule has 0 unspecified atom stereocenters. The fourth-order valence-corrected chi connectivity index (χ4v) is 1.99. The Bertz CT molecular complexity index is 764. The topological polar surface area (TPSA) is 64.4 Å². The molecule has 0 radical (unpaired) electrons. The fraction of sp³-hybridized carbons (Fsp3) is 0.0588. The maximum absolute atomic E-state index is 12.1. The van der Waals surface area contributed by atoms with Crippen molar-refractivity contribution in [2.75, 3.05) is 12.4 Å². The Morgan fingerprint density at radius 1 is 1.09 bits per heavy atom. The van der Waals surface area contributed by atoms with Crippen molar-refractivity contribution in [2.24, 2.45) is 0 Å². The number of nitrogens with zero attached hydrogens (tertiary/aromatic N) is 1. The van der Waals surface area contributed by atoms with Crippen LogP contribution in [0.4, 0.5) is 5.69 Å². The summed E-state index contributed by atoms with van der Waals surface area (Å²) in [6, 6.07) is 18.1. The van der Waals surface area contributed by atoms with Gasteiger partial charge in [0, 0.05) is 17.3 Å². The summed E-state index contributed by atoms with van der Waals surface area (Å²) >= 11 is 0. The Labute approximate surface area is 127 Å². The molecule has 3 aromatic rings. The lowest BCUT2D eigenvalue weighted by atomic mass is 10.1. The van der Waals surface area contributed by atoms with E-state index < -0.39 is 0 Å². The zero-order chi connectivity index (χ0) is 15.4. The molecule has 0 aliphatic rings. The number of anilines is 1. The first-order valence-electron chi connectivity index (χ1n) is 6.74. The number of rotatable bonds is 4. The van der Waals surface area contributed by atoms with Crippen LogP contribution in [0.1, 0.15) is 10.5 Å². The van der Waals surface area contributed by atoms with Crippen molar-refractivity contribution in [3.63, 3.8) is 0 Å². The van der Waals surface area contributed by atoms with Gasteiger partial charge in [-0.2, -0.15) is 0 Å². The SMILES string of the molecule is COc1ccc(-c2cc(C(=O)Nc3ccccc3)no2)cc1. The van der Waals surface area contributed by atoms with Crippen LogP contribution in [0.15, 0.2) is 65.2 Å². The zero-order valence-corrected chi connectivity index (χ0v) is 11.9. The predicted octanol–water partition coefficient (Wildman–Crippen LogP) is 3.60. The molecule has 0 saturated carbocycles. The molecule has 0 bridgehead atoms. The maximum Gasteiger partial charge on any atom is 0.277 e. The molecule has 0 atom stereocenters. The lowest BCUT2D eigenvalue weighted by molar-refractivity contribution is 0.101. The molecule has 110 valence electrons. The van der Waals surface area contributed by atoms with Crippen LogP contribution in [0.2, 0.25) is 0 Å². The van der Waals surface area contributed by atoms with Crippen LogP contribution < -0.4 is 10.1 Å². The predicted molar refractivity (Wildman–Crippen MR) is 82.9 cm³/mol. The molecule has 22 heavy (non-hydrogen) atoms. The lowest BCUT2D eigenvalue weighted by Gasteiger charge is -2.01. The molecule has 0 fully saturated rings. The number of amides is 1. The van der Waals surface area contributed by atoms with Crippen LogP contribution in [0.3, 0.4) is 0 Å². The van der Waals surface area contributed by atoms with Gasteiger partial charge >= 0.3 is 0 Å². The smallest absolute Gasteiger partial charge is 0.277 e. The molecule has 1 N–H and O–H groups in total. The molecule has 5 heteroatoms. The van der Waals surface area contributed by atoms with Crippen molar-refractivity contribution in [3.8, 4) is 17.1 Å². The average Bonchev–Trinajstić information content (AvgIpc) is 3.06. The number of hydrogen-bond acceptors (Lipinski definition) is 4. The largest absolute Gasteiger partial charge is 0.497 e. The Balaban J connectivity index is 1.76.